The van der Waals surface area contributed by atoms with E-state index in [4.69, 9.17) is 10.5 Å². The zero-order valence-electron chi connectivity index (χ0n) is 12.2. The number of benzene rings is 1. The third-order valence-corrected chi connectivity index (χ3v) is 3.66. The van der Waals surface area contributed by atoms with Gasteiger partial charge in [-0.05, 0) is 18.4 Å². The van der Waals surface area contributed by atoms with Gasteiger partial charge in [0, 0.05) is 18.1 Å². The summed E-state index contributed by atoms with van der Waals surface area (Å²) in [4.78, 5) is 4.49. The molecule has 2 heterocycles. The van der Waals surface area contributed by atoms with Gasteiger partial charge in [-0.2, -0.15) is 5.10 Å². The highest BCUT2D eigenvalue weighted by molar-refractivity contribution is 5.85. The summed E-state index contributed by atoms with van der Waals surface area (Å²) in [6, 6.07) is 9.70. The van der Waals surface area contributed by atoms with Crippen LogP contribution in [0.25, 0.3) is 10.8 Å². The van der Waals surface area contributed by atoms with Crippen molar-refractivity contribution in [2.75, 3.05) is 7.11 Å². The second-order valence-corrected chi connectivity index (χ2v) is 4.81. The van der Waals surface area contributed by atoms with Crippen LogP contribution in [0.1, 0.15) is 24.4 Å². The lowest BCUT2D eigenvalue weighted by Crippen LogP contribution is -2.19. The van der Waals surface area contributed by atoms with Gasteiger partial charge in [-0.1, -0.05) is 24.3 Å². The molecule has 0 saturated carbocycles. The van der Waals surface area contributed by atoms with Crippen LogP contribution in [0.4, 0.5) is 0 Å². The molecule has 2 aromatic heterocycles. The number of nitrogens with two attached hydrogens (primary N) is 1. The molecule has 1 unspecified atom stereocenters. The van der Waals surface area contributed by atoms with Crippen LogP contribution in [0.5, 0.6) is 5.75 Å². The van der Waals surface area contributed by atoms with E-state index in [1.807, 2.05) is 35.9 Å². The second-order valence-electron chi connectivity index (χ2n) is 4.81. The maximum Gasteiger partial charge on any atom is 0.161 e. The van der Waals surface area contributed by atoms with Crippen molar-refractivity contribution in [1.82, 2.24) is 14.8 Å². The molecule has 0 fully saturated rings. The van der Waals surface area contributed by atoms with Crippen LogP contribution in [0.2, 0.25) is 0 Å². The number of fused-ring (bicyclic) bond motifs is 1. The fraction of sp³-hybridized carbons (Fsp3) is 0.250. The standard InChI is InChI=1S/C16H18N4O/c1-3-20-16(13(21-2)10-19-20)14(17)15-12-7-5-4-6-11(12)8-9-18-15/h4-10,14H,3,17H2,1-2H3. The summed E-state index contributed by atoms with van der Waals surface area (Å²) < 4.78 is 7.25. The molecule has 3 aromatic rings. The van der Waals surface area contributed by atoms with Crippen LogP contribution in [0.3, 0.4) is 0 Å². The Bertz CT molecular complexity index is 739. The molecule has 1 atom stereocenters. The molecule has 2 N–H and O–H groups in total. The first kappa shape index (κ1) is 13.6. The normalized spacial score (nSPS) is 12.5. The van der Waals surface area contributed by atoms with Gasteiger partial charge < -0.3 is 10.5 Å². The first-order chi connectivity index (χ1) is 10.3. The number of ether oxygens (including phenoxy) is 1. The van der Waals surface area contributed by atoms with Gasteiger partial charge >= 0.3 is 0 Å². The molecule has 0 aliphatic rings. The summed E-state index contributed by atoms with van der Waals surface area (Å²) >= 11 is 0. The van der Waals surface area contributed by atoms with E-state index < -0.39 is 0 Å². The predicted molar refractivity (Wildman–Crippen MR) is 82.2 cm³/mol. The molecule has 21 heavy (non-hydrogen) atoms. The lowest BCUT2D eigenvalue weighted by Gasteiger charge is -2.16. The number of aromatic nitrogens is 3. The Morgan fingerprint density at radius 3 is 2.86 bits per heavy atom. The number of pyridine rings is 1. The molecule has 0 aliphatic carbocycles. The summed E-state index contributed by atoms with van der Waals surface area (Å²) in [6.45, 7) is 2.76. The fourth-order valence-corrected chi connectivity index (χ4v) is 2.62. The highest BCUT2D eigenvalue weighted by atomic mass is 16.5. The first-order valence-electron chi connectivity index (χ1n) is 6.95. The fourth-order valence-electron chi connectivity index (χ4n) is 2.62. The molecule has 0 amide bonds. The first-order valence-corrected chi connectivity index (χ1v) is 6.95. The maximum absolute atomic E-state index is 6.48. The van der Waals surface area contributed by atoms with Crippen molar-refractivity contribution in [3.05, 3.63) is 54.1 Å². The molecule has 3 rings (SSSR count). The lowest BCUT2D eigenvalue weighted by molar-refractivity contribution is 0.404. The van der Waals surface area contributed by atoms with Gasteiger partial charge in [0.15, 0.2) is 5.75 Å². The Kier molecular flexibility index (Phi) is 3.58. The number of aryl methyl sites for hydroxylation is 1. The third kappa shape index (κ3) is 2.25. The summed E-state index contributed by atoms with van der Waals surface area (Å²) in [7, 11) is 1.63. The molecular weight excluding hydrogens is 264 g/mol. The van der Waals surface area contributed by atoms with E-state index in [1.165, 1.54) is 0 Å². The average molecular weight is 282 g/mol. The van der Waals surface area contributed by atoms with Crippen LogP contribution in [0.15, 0.2) is 42.7 Å². The number of nitrogens with zero attached hydrogens (tertiary/aromatic N) is 3. The van der Waals surface area contributed by atoms with Crippen molar-refractivity contribution in [3.8, 4) is 5.75 Å². The smallest absolute Gasteiger partial charge is 0.161 e. The Morgan fingerprint density at radius 1 is 1.29 bits per heavy atom. The predicted octanol–water partition coefficient (Wildman–Crippen LogP) is 2.51. The lowest BCUT2D eigenvalue weighted by atomic mass is 10.0. The van der Waals surface area contributed by atoms with Gasteiger partial charge in [0.1, 0.15) is 5.69 Å². The Balaban J connectivity index is 2.17. The molecule has 0 spiro atoms. The van der Waals surface area contributed by atoms with E-state index in [1.54, 1.807) is 19.5 Å². The molecule has 1 aromatic carbocycles. The van der Waals surface area contributed by atoms with Crippen molar-refractivity contribution < 1.29 is 4.74 Å². The highest BCUT2D eigenvalue weighted by Crippen LogP contribution is 2.30. The van der Waals surface area contributed by atoms with Crippen molar-refractivity contribution in [2.45, 2.75) is 19.5 Å². The Morgan fingerprint density at radius 2 is 2.10 bits per heavy atom. The molecule has 0 aliphatic heterocycles. The molecule has 0 saturated heterocycles. The second kappa shape index (κ2) is 5.54. The molecule has 5 heteroatoms. The molecular formula is C16H18N4O. The van der Waals surface area contributed by atoms with Gasteiger partial charge in [0.2, 0.25) is 0 Å². The monoisotopic (exact) mass is 282 g/mol. The summed E-state index contributed by atoms with van der Waals surface area (Å²) in [5.41, 5.74) is 8.16. The highest BCUT2D eigenvalue weighted by Gasteiger charge is 2.22. The van der Waals surface area contributed by atoms with Gasteiger partial charge in [-0.25, -0.2) is 0 Å². The van der Waals surface area contributed by atoms with E-state index in [0.717, 1.165) is 28.7 Å². The number of methoxy groups -OCH3 is 1. The minimum Gasteiger partial charge on any atom is -0.493 e. The summed E-state index contributed by atoms with van der Waals surface area (Å²) in [5.74, 6) is 0.694. The summed E-state index contributed by atoms with van der Waals surface area (Å²) in [6.07, 6.45) is 3.49. The van der Waals surface area contributed by atoms with Crippen molar-refractivity contribution in [2.24, 2.45) is 5.73 Å². The van der Waals surface area contributed by atoms with Gasteiger partial charge in [0.05, 0.1) is 25.0 Å². The van der Waals surface area contributed by atoms with Crippen molar-refractivity contribution in [3.63, 3.8) is 0 Å². The van der Waals surface area contributed by atoms with E-state index >= 15 is 0 Å². The average Bonchev–Trinajstić information content (AvgIpc) is 2.96. The molecule has 0 radical (unpaired) electrons. The van der Waals surface area contributed by atoms with Crippen LogP contribution >= 0.6 is 0 Å². The number of hydrogen-bond acceptors (Lipinski definition) is 4. The quantitative estimate of drug-likeness (QED) is 0.798. The van der Waals surface area contributed by atoms with Crippen molar-refractivity contribution >= 4 is 10.8 Å². The SMILES string of the molecule is CCn1ncc(OC)c1C(N)c1nccc2ccccc12. The largest absolute Gasteiger partial charge is 0.493 e. The van der Waals surface area contributed by atoms with Crippen LogP contribution in [-0.4, -0.2) is 21.9 Å². The van der Waals surface area contributed by atoms with Gasteiger partial charge in [-0.15, -0.1) is 0 Å². The summed E-state index contributed by atoms with van der Waals surface area (Å²) in [5, 5.41) is 6.49. The molecule has 0 bridgehead atoms. The van der Waals surface area contributed by atoms with Crippen LogP contribution in [0, 0.1) is 0 Å². The number of rotatable bonds is 4. The molecule has 108 valence electrons. The van der Waals surface area contributed by atoms with Gasteiger partial charge in [0.25, 0.3) is 0 Å². The van der Waals surface area contributed by atoms with Crippen LogP contribution in [-0.2, 0) is 6.54 Å². The van der Waals surface area contributed by atoms with Crippen molar-refractivity contribution in [1.29, 1.82) is 0 Å². The van der Waals surface area contributed by atoms with Crippen LogP contribution < -0.4 is 10.5 Å². The van der Waals surface area contributed by atoms with Gasteiger partial charge in [-0.3, -0.25) is 9.67 Å². The zero-order chi connectivity index (χ0) is 14.8. The minimum absolute atomic E-state index is 0.381. The van der Waals surface area contributed by atoms with E-state index in [0.29, 0.717) is 5.75 Å². The Hall–Kier alpha value is -2.40. The maximum atomic E-state index is 6.48. The van der Waals surface area contributed by atoms with E-state index in [-0.39, 0.29) is 6.04 Å². The Labute approximate surface area is 123 Å². The molecule has 5 nitrogen and oxygen atoms in total. The topological polar surface area (TPSA) is 66.0 Å². The van der Waals surface area contributed by atoms with E-state index in [9.17, 15) is 0 Å². The number of hydrogen-bond donors (Lipinski definition) is 1. The minimum atomic E-state index is -0.381. The van der Waals surface area contributed by atoms with E-state index in [2.05, 4.69) is 16.1 Å². The zero-order valence-corrected chi connectivity index (χ0v) is 12.2. The third-order valence-electron chi connectivity index (χ3n) is 3.66.